The number of alkyl halides is 6. The van der Waals surface area contributed by atoms with Crippen LogP contribution >= 0.6 is 0 Å². The molecule has 1 aromatic heterocycles. The molecule has 16 heteroatoms. The SMILES string of the molecule is CS(=O)(=O)N1CC2CN(Cc3cccnc3)CC2C1.O=C(O)C(F)(F)F.O=C(O)C(F)(F)F. The van der Waals surface area contributed by atoms with E-state index in [1.165, 1.54) is 11.8 Å². The van der Waals surface area contributed by atoms with Crippen molar-refractivity contribution in [3.63, 3.8) is 0 Å². The van der Waals surface area contributed by atoms with Crippen molar-refractivity contribution < 1.29 is 54.6 Å². The van der Waals surface area contributed by atoms with Gasteiger partial charge in [0.15, 0.2) is 0 Å². The van der Waals surface area contributed by atoms with Gasteiger partial charge < -0.3 is 10.2 Å². The highest BCUT2D eigenvalue weighted by Crippen LogP contribution is 2.32. The quantitative estimate of drug-likeness (QED) is 0.589. The largest absolute Gasteiger partial charge is 0.490 e. The van der Waals surface area contributed by atoms with E-state index in [9.17, 15) is 34.8 Å². The Hall–Kier alpha value is -2.46. The number of carboxylic acid groups (broad SMARTS) is 2. The van der Waals surface area contributed by atoms with Crippen molar-refractivity contribution in [2.24, 2.45) is 11.8 Å². The molecule has 2 fully saturated rings. The summed E-state index contributed by atoms with van der Waals surface area (Å²) in [4.78, 5) is 24.3. The molecule has 0 bridgehead atoms. The number of hydrogen-bond acceptors (Lipinski definition) is 6. The number of likely N-dealkylation sites (tertiary alicyclic amines) is 1. The lowest BCUT2D eigenvalue weighted by molar-refractivity contribution is -0.193. The van der Waals surface area contributed by atoms with Crippen LogP contribution in [0.3, 0.4) is 0 Å². The van der Waals surface area contributed by atoms with Crippen LogP contribution in [0.1, 0.15) is 5.56 Å². The van der Waals surface area contributed by atoms with Gasteiger partial charge in [-0.3, -0.25) is 9.88 Å². The van der Waals surface area contributed by atoms with Crippen molar-refractivity contribution in [1.82, 2.24) is 14.2 Å². The number of fused-ring (bicyclic) bond motifs is 1. The maximum atomic E-state index is 11.5. The average molecular weight is 509 g/mol. The van der Waals surface area contributed by atoms with Crippen LogP contribution in [0.2, 0.25) is 0 Å². The summed E-state index contributed by atoms with van der Waals surface area (Å²) < 4.78 is 88.2. The number of nitrogens with zero attached hydrogens (tertiary/aromatic N) is 3. The van der Waals surface area contributed by atoms with Gasteiger partial charge in [0.1, 0.15) is 0 Å². The molecular formula is C17H21F6N3O6S. The lowest BCUT2D eigenvalue weighted by atomic mass is 10.0. The molecule has 33 heavy (non-hydrogen) atoms. The third kappa shape index (κ3) is 9.91. The Morgan fingerprint density at radius 1 is 1.00 bits per heavy atom. The maximum absolute atomic E-state index is 11.5. The van der Waals surface area contributed by atoms with E-state index in [1.807, 2.05) is 12.3 Å². The molecule has 188 valence electrons. The summed E-state index contributed by atoms with van der Waals surface area (Å²) in [5.74, 6) is -4.53. The summed E-state index contributed by atoms with van der Waals surface area (Å²) in [5, 5.41) is 14.2. The first-order chi connectivity index (χ1) is 14.9. The van der Waals surface area contributed by atoms with E-state index in [2.05, 4.69) is 16.0 Å². The molecule has 2 atom stereocenters. The predicted molar refractivity (Wildman–Crippen MR) is 100 cm³/mol. The highest BCUT2D eigenvalue weighted by molar-refractivity contribution is 7.88. The molecule has 2 aliphatic rings. The minimum absolute atomic E-state index is 0.492. The number of hydrogen-bond donors (Lipinski definition) is 2. The van der Waals surface area contributed by atoms with Gasteiger partial charge in [-0.2, -0.15) is 26.3 Å². The van der Waals surface area contributed by atoms with Gasteiger partial charge in [-0.25, -0.2) is 22.3 Å². The molecule has 2 unspecified atom stereocenters. The molecule has 2 saturated heterocycles. The second-order valence-electron chi connectivity index (χ2n) is 7.26. The summed E-state index contributed by atoms with van der Waals surface area (Å²) in [6.45, 7) is 4.27. The van der Waals surface area contributed by atoms with E-state index in [-0.39, 0.29) is 0 Å². The van der Waals surface area contributed by atoms with Crippen LogP contribution in [0.5, 0.6) is 0 Å². The Morgan fingerprint density at radius 2 is 1.42 bits per heavy atom. The third-order valence-corrected chi connectivity index (χ3v) is 5.85. The van der Waals surface area contributed by atoms with Gasteiger partial charge in [-0.15, -0.1) is 0 Å². The molecule has 0 aromatic carbocycles. The molecule has 2 aliphatic heterocycles. The minimum Gasteiger partial charge on any atom is -0.475 e. The van der Waals surface area contributed by atoms with E-state index in [0.717, 1.165) is 19.6 Å². The second-order valence-corrected chi connectivity index (χ2v) is 9.24. The fraction of sp³-hybridized carbons (Fsp3) is 0.588. The van der Waals surface area contributed by atoms with Crippen LogP contribution in [-0.2, 0) is 26.2 Å². The molecule has 0 aliphatic carbocycles. The van der Waals surface area contributed by atoms with Crippen LogP contribution < -0.4 is 0 Å². The van der Waals surface area contributed by atoms with Gasteiger partial charge in [0.2, 0.25) is 10.0 Å². The highest BCUT2D eigenvalue weighted by atomic mass is 32.2. The monoisotopic (exact) mass is 509 g/mol. The standard InChI is InChI=1S/C13H19N3O2S.2C2HF3O2/c1-19(17,18)16-9-12-7-15(8-13(12)10-16)6-11-3-2-4-14-5-11;2*3-2(4,5)1(6)7/h2-5,12-13H,6-10H2,1H3;2*(H,6,7). The minimum atomic E-state index is -5.08. The number of halogens is 6. The first-order valence-corrected chi connectivity index (χ1v) is 10.9. The van der Waals surface area contributed by atoms with Crippen molar-refractivity contribution in [2.75, 3.05) is 32.4 Å². The van der Waals surface area contributed by atoms with Crippen molar-refractivity contribution in [3.05, 3.63) is 30.1 Å². The Kier molecular flexibility index (Phi) is 9.62. The molecule has 1 aromatic rings. The normalized spacial score (nSPS) is 21.3. The summed E-state index contributed by atoms with van der Waals surface area (Å²) in [7, 11) is -3.02. The molecule has 0 amide bonds. The molecular weight excluding hydrogens is 488 g/mol. The molecule has 0 spiro atoms. The number of sulfonamides is 1. The first-order valence-electron chi connectivity index (χ1n) is 9.07. The fourth-order valence-electron chi connectivity index (χ4n) is 3.20. The molecule has 9 nitrogen and oxygen atoms in total. The van der Waals surface area contributed by atoms with Gasteiger partial charge in [-0.1, -0.05) is 6.07 Å². The zero-order valence-electron chi connectivity index (χ0n) is 17.0. The summed E-state index contributed by atoms with van der Waals surface area (Å²) in [6.07, 6.45) is -5.18. The maximum Gasteiger partial charge on any atom is 0.490 e. The Morgan fingerprint density at radius 3 is 1.73 bits per heavy atom. The Labute approximate surface area is 184 Å². The smallest absolute Gasteiger partial charge is 0.475 e. The summed E-state index contributed by atoms with van der Waals surface area (Å²) in [5.41, 5.74) is 1.22. The van der Waals surface area contributed by atoms with Crippen LogP contribution in [0.4, 0.5) is 26.3 Å². The Balaban J connectivity index is 0.000000324. The van der Waals surface area contributed by atoms with E-state index in [4.69, 9.17) is 19.8 Å². The van der Waals surface area contributed by atoms with Crippen LogP contribution in [0.15, 0.2) is 24.5 Å². The first kappa shape index (κ1) is 28.6. The van der Waals surface area contributed by atoms with E-state index in [1.54, 1.807) is 10.5 Å². The molecule has 2 N–H and O–H groups in total. The lowest BCUT2D eigenvalue weighted by Gasteiger charge is -2.19. The third-order valence-electron chi connectivity index (χ3n) is 4.61. The van der Waals surface area contributed by atoms with Crippen molar-refractivity contribution in [1.29, 1.82) is 0 Å². The molecule has 3 heterocycles. The average Bonchev–Trinajstić information content (AvgIpc) is 3.20. The van der Waals surface area contributed by atoms with Crippen LogP contribution in [0.25, 0.3) is 0 Å². The van der Waals surface area contributed by atoms with Gasteiger partial charge in [0.05, 0.1) is 6.26 Å². The predicted octanol–water partition coefficient (Wildman–Crippen LogP) is 1.67. The zero-order chi connectivity index (χ0) is 25.6. The van der Waals surface area contributed by atoms with Gasteiger partial charge >= 0.3 is 24.3 Å². The van der Waals surface area contributed by atoms with Crippen LogP contribution in [-0.4, -0.2) is 89.5 Å². The van der Waals surface area contributed by atoms with Gasteiger partial charge in [0.25, 0.3) is 0 Å². The second kappa shape index (κ2) is 11.1. The van der Waals surface area contributed by atoms with Gasteiger partial charge in [-0.05, 0) is 23.5 Å². The lowest BCUT2D eigenvalue weighted by Crippen LogP contribution is -2.32. The van der Waals surface area contributed by atoms with E-state index in [0.29, 0.717) is 24.9 Å². The fourth-order valence-corrected chi connectivity index (χ4v) is 4.12. The molecule has 0 saturated carbocycles. The van der Waals surface area contributed by atoms with Crippen molar-refractivity contribution in [3.8, 4) is 0 Å². The summed E-state index contributed by atoms with van der Waals surface area (Å²) >= 11 is 0. The van der Waals surface area contributed by atoms with Crippen LogP contribution in [0, 0.1) is 11.8 Å². The number of pyridine rings is 1. The van der Waals surface area contributed by atoms with Crippen molar-refractivity contribution >= 4 is 22.0 Å². The zero-order valence-corrected chi connectivity index (χ0v) is 17.9. The topological polar surface area (TPSA) is 128 Å². The molecule has 0 radical (unpaired) electrons. The highest BCUT2D eigenvalue weighted by Gasteiger charge is 2.42. The van der Waals surface area contributed by atoms with E-state index >= 15 is 0 Å². The number of aromatic nitrogens is 1. The summed E-state index contributed by atoms with van der Waals surface area (Å²) in [6, 6.07) is 4.04. The number of carboxylic acids is 2. The number of rotatable bonds is 3. The number of aliphatic carboxylic acids is 2. The van der Waals surface area contributed by atoms with E-state index < -0.39 is 34.3 Å². The van der Waals surface area contributed by atoms with Crippen molar-refractivity contribution in [2.45, 2.75) is 18.9 Å². The molecule has 3 rings (SSSR count). The number of carbonyl (C=O) groups is 2. The Bertz CT molecular complexity index is 872. The van der Waals surface area contributed by atoms with Gasteiger partial charge in [0, 0.05) is 45.1 Å².